The van der Waals surface area contributed by atoms with Gasteiger partial charge in [-0.25, -0.2) is 4.79 Å². The number of pyridine rings is 1. The minimum atomic E-state index is -1.07. The van der Waals surface area contributed by atoms with Crippen LogP contribution in [0.3, 0.4) is 0 Å². The summed E-state index contributed by atoms with van der Waals surface area (Å²) < 4.78 is 0. The summed E-state index contributed by atoms with van der Waals surface area (Å²) in [7, 11) is 0. The van der Waals surface area contributed by atoms with Crippen molar-refractivity contribution in [3.05, 3.63) is 53.9 Å². The molecule has 0 radical (unpaired) electrons. The van der Waals surface area contributed by atoms with Crippen LogP contribution in [0.5, 0.6) is 0 Å². The number of aromatic nitrogens is 1. The lowest BCUT2D eigenvalue weighted by atomic mass is 10.2. The summed E-state index contributed by atoms with van der Waals surface area (Å²) in [5.74, 6) is -0.504. The number of piperazine rings is 1. The van der Waals surface area contributed by atoms with Gasteiger partial charge in [-0.15, -0.1) is 0 Å². The summed E-state index contributed by atoms with van der Waals surface area (Å²) in [6.07, 6.45) is 3.96. The minimum absolute atomic E-state index is 0.0550. The maximum Gasteiger partial charge on any atom is 0.337 e. The number of carbonyl (C=O) groups excluding carboxylic acids is 1. The van der Waals surface area contributed by atoms with Gasteiger partial charge in [0.15, 0.2) is 0 Å². The molecule has 0 spiro atoms. The Bertz CT molecular complexity index is 856. The third-order valence-corrected chi connectivity index (χ3v) is 5.30. The Morgan fingerprint density at radius 3 is 2.54 bits per heavy atom. The number of benzene rings is 1. The first kappa shape index (κ1) is 18.4. The summed E-state index contributed by atoms with van der Waals surface area (Å²) in [6.45, 7) is 5.36. The van der Waals surface area contributed by atoms with Crippen LogP contribution in [0.4, 0.5) is 11.4 Å². The lowest BCUT2D eigenvalue weighted by molar-refractivity contribution is 0.0695. The summed E-state index contributed by atoms with van der Waals surface area (Å²) >= 11 is 0. The van der Waals surface area contributed by atoms with Gasteiger partial charge in [-0.1, -0.05) is 6.07 Å². The number of hydrogen-bond acceptors (Lipinski definition) is 5. The number of carboxylic acids is 1. The number of carbonyl (C=O) groups is 2. The molecule has 1 aliphatic carbocycles. The Morgan fingerprint density at radius 2 is 1.89 bits per heavy atom. The molecule has 7 heteroatoms. The van der Waals surface area contributed by atoms with Crippen molar-refractivity contribution in [2.45, 2.75) is 12.8 Å². The van der Waals surface area contributed by atoms with Crippen LogP contribution >= 0.6 is 0 Å². The number of hydrogen-bond donors (Lipinski definition) is 2. The number of nitrogens with one attached hydrogen (secondary N) is 1. The first-order chi connectivity index (χ1) is 13.6. The Morgan fingerprint density at radius 1 is 1.11 bits per heavy atom. The van der Waals surface area contributed by atoms with Crippen molar-refractivity contribution < 1.29 is 14.7 Å². The van der Waals surface area contributed by atoms with Gasteiger partial charge in [0.1, 0.15) is 5.69 Å². The molecule has 1 saturated carbocycles. The van der Waals surface area contributed by atoms with Crippen LogP contribution in [0.1, 0.15) is 33.7 Å². The SMILES string of the molecule is O=C(O)c1ccc(C(=O)Nc2cccc(N3CCN(CC4CC4)CC3)c2)nc1. The Kier molecular flexibility index (Phi) is 5.25. The summed E-state index contributed by atoms with van der Waals surface area (Å²) in [5.41, 5.74) is 2.04. The van der Waals surface area contributed by atoms with E-state index in [2.05, 4.69) is 26.2 Å². The van der Waals surface area contributed by atoms with Crippen molar-refractivity contribution in [1.82, 2.24) is 9.88 Å². The van der Waals surface area contributed by atoms with E-state index in [1.54, 1.807) is 0 Å². The number of anilines is 2. The van der Waals surface area contributed by atoms with E-state index in [9.17, 15) is 9.59 Å². The zero-order chi connectivity index (χ0) is 19.5. The van der Waals surface area contributed by atoms with Crippen LogP contribution < -0.4 is 10.2 Å². The lowest BCUT2D eigenvalue weighted by Crippen LogP contribution is -2.47. The normalized spacial score (nSPS) is 17.4. The lowest BCUT2D eigenvalue weighted by Gasteiger charge is -2.36. The third kappa shape index (κ3) is 4.48. The van der Waals surface area contributed by atoms with Crippen molar-refractivity contribution in [1.29, 1.82) is 0 Å². The highest BCUT2D eigenvalue weighted by Gasteiger charge is 2.26. The van der Waals surface area contributed by atoms with E-state index in [0.717, 1.165) is 37.8 Å². The predicted octanol–water partition coefficient (Wildman–Crippen LogP) is 2.56. The van der Waals surface area contributed by atoms with Crippen LogP contribution in [0, 0.1) is 5.92 Å². The second kappa shape index (κ2) is 7.98. The van der Waals surface area contributed by atoms with Crippen LogP contribution in [-0.4, -0.2) is 59.6 Å². The number of aromatic carboxylic acids is 1. The Balaban J connectivity index is 1.36. The molecule has 1 amide bonds. The molecular weight excluding hydrogens is 356 g/mol. The molecule has 0 unspecified atom stereocenters. The largest absolute Gasteiger partial charge is 0.478 e. The third-order valence-electron chi connectivity index (χ3n) is 5.30. The van der Waals surface area contributed by atoms with Gasteiger partial charge in [0.2, 0.25) is 0 Å². The standard InChI is InChI=1S/C21H24N4O3/c26-20(19-7-6-16(13-22-19)21(27)28)23-17-2-1-3-18(12-17)25-10-8-24(9-11-25)14-15-4-5-15/h1-3,6-7,12-13,15H,4-5,8-11,14H2,(H,23,26)(H,27,28). The molecule has 4 rings (SSSR count). The molecule has 2 aromatic rings. The highest BCUT2D eigenvalue weighted by Crippen LogP contribution is 2.30. The van der Waals surface area contributed by atoms with Gasteiger partial charge in [-0.2, -0.15) is 0 Å². The second-order valence-electron chi connectivity index (χ2n) is 7.47. The molecule has 0 bridgehead atoms. The first-order valence-corrected chi connectivity index (χ1v) is 9.66. The van der Waals surface area contributed by atoms with Crippen LogP contribution in [0.25, 0.3) is 0 Å². The molecule has 1 aromatic heterocycles. The van der Waals surface area contributed by atoms with Crippen molar-refractivity contribution in [2.75, 3.05) is 42.9 Å². The number of rotatable bonds is 6. The highest BCUT2D eigenvalue weighted by atomic mass is 16.4. The molecule has 2 aliphatic rings. The molecule has 1 saturated heterocycles. The smallest absolute Gasteiger partial charge is 0.337 e. The van der Waals surface area contributed by atoms with Gasteiger partial charge in [-0.05, 0) is 49.1 Å². The van der Waals surface area contributed by atoms with Gasteiger partial charge < -0.3 is 15.3 Å². The van der Waals surface area contributed by atoms with E-state index in [-0.39, 0.29) is 17.2 Å². The maximum atomic E-state index is 12.4. The monoisotopic (exact) mass is 380 g/mol. The van der Waals surface area contributed by atoms with Crippen molar-refractivity contribution in [2.24, 2.45) is 5.92 Å². The molecule has 1 aromatic carbocycles. The zero-order valence-corrected chi connectivity index (χ0v) is 15.7. The summed E-state index contributed by atoms with van der Waals surface area (Å²) in [6, 6.07) is 10.6. The minimum Gasteiger partial charge on any atom is -0.478 e. The number of carboxylic acid groups (broad SMARTS) is 1. The summed E-state index contributed by atoms with van der Waals surface area (Å²) in [5, 5.41) is 11.8. The highest BCUT2D eigenvalue weighted by molar-refractivity contribution is 6.03. The predicted molar refractivity (Wildman–Crippen MR) is 107 cm³/mol. The Hall–Kier alpha value is -2.93. The van der Waals surface area contributed by atoms with Crippen molar-refractivity contribution in [3.8, 4) is 0 Å². The molecule has 2 heterocycles. The molecular formula is C21H24N4O3. The zero-order valence-electron chi connectivity index (χ0n) is 15.7. The quantitative estimate of drug-likeness (QED) is 0.801. The number of amides is 1. The van der Waals surface area contributed by atoms with E-state index in [0.29, 0.717) is 5.69 Å². The Labute approximate surface area is 164 Å². The molecule has 1 aliphatic heterocycles. The van der Waals surface area contributed by atoms with E-state index >= 15 is 0 Å². The van der Waals surface area contributed by atoms with Gasteiger partial charge in [0.05, 0.1) is 5.56 Å². The maximum absolute atomic E-state index is 12.4. The van der Waals surface area contributed by atoms with Crippen molar-refractivity contribution >= 4 is 23.3 Å². The fourth-order valence-corrected chi connectivity index (χ4v) is 3.48. The van der Waals surface area contributed by atoms with Gasteiger partial charge >= 0.3 is 5.97 Å². The molecule has 7 nitrogen and oxygen atoms in total. The van der Waals surface area contributed by atoms with E-state index in [1.165, 1.54) is 37.7 Å². The molecule has 28 heavy (non-hydrogen) atoms. The van der Waals surface area contributed by atoms with Crippen LogP contribution in [0.2, 0.25) is 0 Å². The molecule has 146 valence electrons. The van der Waals surface area contributed by atoms with Gasteiger partial charge in [-0.3, -0.25) is 14.7 Å². The molecule has 2 fully saturated rings. The van der Waals surface area contributed by atoms with Crippen LogP contribution in [-0.2, 0) is 0 Å². The van der Waals surface area contributed by atoms with Gasteiger partial charge in [0.25, 0.3) is 5.91 Å². The van der Waals surface area contributed by atoms with E-state index in [1.807, 2.05) is 18.2 Å². The molecule has 2 N–H and O–H groups in total. The summed E-state index contributed by atoms with van der Waals surface area (Å²) in [4.78, 5) is 32.1. The topological polar surface area (TPSA) is 85.8 Å². The van der Waals surface area contributed by atoms with Gasteiger partial charge in [0, 0.05) is 50.3 Å². The van der Waals surface area contributed by atoms with E-state index < -0.39 is 5.97 Å². The average Bonchev–Trinajstić information content (AvgIpc) is 3.53. The average molecular weight is 380 g/mol. The van der Waals surface area contributed by atoms with Crippen molar-refractivity contribution in [3.63, 3.8) is 0 Å². The fraction of sp³-hybridized carbons (Fsp3) is 0.381. The first-order valence-electron chi connectivity index (χ1n) is 9.66. The molecule has 0 atom stereocenters. The fourth-order valence-electron chi connectivity index (χ4n) is 3.48. The second-order valence-corrected chi connectivity index (χ2v) is 7.47. The van der Waals surface area contributed by atoms with Crippen LogP contribution in [0.15, 0.2) is 42.6 Å². The number of nitrogens with zero attached hydrogens (tertiary/aromatic N) is 3. The van der Waals surface area contributed by atoms with E-state index in [4.69, 9.17) is 5.11 Å².